The lowest BCUT2D eigenvalue weighted by atomic mass is 9.96. The van der Waals surface area contributed by atoms with E-state index < -0.39 is 5.97 Å². The van der Waals surface area contributed by atoms with Gasteiger partial charge < -0.3 is 10.0 Å². The van der Waals surface area contributed by atoms with Crippen LogP contribution < -0.4 is 4.90 Å². The quantitative estimate of drug-likeness (QED) is 0.811. The molecule has 0 bridgehead atoms. The Morgan fingerprint density at radius 3 is 2.81 bits per heavy atom. The van der Waals surface area contributed by atoms with Crippen molar-refractivity contribution in [3.8, 4) is 6.07 Å². The molecule has 16 heavy (non-hydrogen) atoms. The summed E-state index contributed by atoms with van der Waals surface area (Å²) in [6.07, 6.45) is 0. The summed E-state index contributed by atoms with van der Waals surface area (Å²) in [4.78, 5) is 12.7. The highest BCUT2D eigenvalue weighted by Gasteiger charge is 2.34. The molecule has 1 aliphatic heterocycles. The van der Waals surface area contributed by atoms with Crippen molar-refractivity contribution in [2.75, 3.05) is 18.0 Å². The number of benzene rings is 1. The summed E-state index contributed by atoms with van der Waals surface area (Å²) in [5, 5.41) is 17.8. The second kappa shape index (κ2) is 3.86. The van der Waals surface area contributed by atoms with E-state index >= 15 is 0 Å². The highest BCUT2D eigenvalue weighted by Crippen LogP contribution is 2.30. The first kappa shape index (κ1) is 10.5. The number of aryl methyl sites for hydroxylation is 1. The Hall–Kier alpha value is -2.02. The first-order valence-corrected chi connectivity index (χ1v) is 5.11. The SMILES string of the molecule is Cc1cccc(C#N)c1N1CC(C(=O)O)C1. The third-order valence-electron chi connectivity index (χ3n) is 2.91. The molecule has 1 aromatic carbocycles. The molecular weight excluding hydrogens is 204 g/mol. The fraction of sp³-hybridized carbons (Fsp3) is 0.333. The van der Waals surface area contributed by atoms with Gasteiger partial charge in [0.25, 0.3) is 0 Å². The molecule has 0 amide bonds. The number of carboxylic acids is 1. The summed E-state index contributed by atoms with van der Waals surface area (Å²) in [5.41, 5.74) is 2.51. The van der Waals surface area contributed by atoms with Crippen LogP contribution in [0.25, 0.3) is 0 Å². The summed E-state index contributed by atoms with van der Waals surface area (Å²) in [6.45, 7) is 2.92. The standard InChI is InChI=1S/C12H12N2O2/c1-8-3-2-4-9(5-13)11(8)14-6-10(7-14)12(15)16/h2-4,10H,6-7H2,1H3,(H,15,16). The minimum Gasteiger partial charge on any atom is -0.481 e. The number of nitrogens with zero attached hydrogens (tertiary/aromatic N) is 2. The fourth-order valence-electron chi connectivity index (χ4n) is 1.99. The first-order chi connectivity index (χ1) is 7.63. The van der Waals surface area contributed by atoms with E-state index in [9.17, 15) is 4.79 Å². The zero-order chi connectivity index (χ0) is 11.7. The van der Waals surface area contributed by atoms with E-state index in [4.69, 9.17) is 10.4 Å². The highest BCUT2D eigenvalue weighted by molar-refractivity contribution is 5.76. The fourth-order valence-corrected chi connectivity index (χ4v) is 1.99. The van der Waals surface area contributed by atoms with E-state index in [-0.39, 0.29) is 5.92 Å². The molecule has 1 saturated heterocycles. The molecule has 1 heterocycles. The normalized spacial score (nSPS) is 15.4. The summed E-state index contributed by atoms with van der Waals surface area (Å²) < 4.78 is 0. The largest absolute Gasteiger partial charge is 0.481 e. The molecule has 0 atom stereocenters. The molecule has 0 aliphatic carbocycles. The Morgan fingerprint density at radius 2 is 2.25 bits per heavy atom. The van der Waals surface area contributed by atoms with Crippen molar-refractivity contribution in [2.24, 2.45) is 5.92 Å². The van der Waals surface area contributed by atoms with Gasteiger partial charge in [0.2, 0.25) is 0 Å². The van der Waals surface area contributed by atoms with E-state index in [0.717, 1.165) is 11.3 Å². The average molecular weight is 216 g/mol. The van der Waals surface area contributed by atoms with Gasteiger partial charge in [-0.25, -0.2) is 0 Å². The molecule has 0 radical (unpaired) electrons. The van der Waals surface area contributed by atoms with Crippen LogP contribution in [0, 0.1) is 24.2 Å². The predicted octanol–water partition coefficient (Wildman–Crippen LogP) is 1.39. The van der Waals surface area contributed by atoms with Gasteiger partial charge in [-0.1, -0.05) is 12.1 Å². The Bertz CT molecular complexity index is 470. The van der Waals surface area contributed by atoms with E-state index in [1.165, 1.54) is 0 Å². The summed E-state index contributed by atoms with van der Waals surface area (Å²) in [6, 6.07) is 7.67. The minimum atomic E-state index is -0.761. The van der Waals surface area contributed by atoms with Crippen molar-refractivity contribution in [2.45, 2.75) is 6.92 Å². The number of anilines is 1. The number of hydrogen-bond donors (Lipinski definition) is 1. The van der Waals surface area contributed by atoms with Gasteiger partial charge in [-0.05, 0) is 18.6 Å². The minimum absolute atomic E-state index is 0.300. The van der Waals surface area contributed by atoms with Gasteiger partial charge in [0.05, 0.1) is 17.2 Å². The Labute approximate surface area is 93.7 Å². The molecule has 1 aromatic rings. The maximum Gasteiger partial charge on any atom is 0.310 e. The van der Waals surface area contributed by atoms with Crippen molar-refractivity contribution < 1.29 is 9.90 Å². The molecule has 0 unspecified atom stereocenters. The number of carboxylic acid groups (broad SMARTS) is 1. The average Bonchev–Trinajstić information content (AvgIpc) is 2.17. The third-order valence-corrected chi connectivity index (χ3v) is 2.91. The van der Waals surface area contributed by atoms with Gasteiger partial charge in [0.15, 0.2) is 0 Å². The first-order valence-electron chi connectivity index (χ1n) is 5.11. The van der Waals surface area contributed by atoms with Crippen molar-refractivity contribution in [3.63, 3.8) is 0 Å². The predicted molar refractivity (Wildman–Crippen MR) is 59.2 cm³/mol. The topological polar surface area (TPSA) is 64.3 Å². The lowest BCUT2D eigenvalue weighted by molar-refractivity contribution is -0.142. The Morgan fingerprint density at radius 1 is 1.56 bits per heavy atom. The van der Waals surface area contributed by atoms with E-state index in [1.807, 2.05) is 24.0 Å². The van der Waals surface area contributed by atoms with E-state index in [2.05, 4.69) is 6.07 Å². The number of rotatable bonds is 2. The molecule has 82 valence electrons. The molecule has 1 N–H and O–H groups in total. The van der Waals surface area contributed by atoms with Gasteiger partial charge in [0.1, 0.15) is 6.07 Å². The molecule has 4 heteroatoms. The van der Waals surface area contributed by atoms with Crippen LogP contribution in [0.4, 0.5) is 5.69 Å². The Kier molecular flexibility index (Phi) is 2.53. The summed E-state index contributed by atoms with van der Waals surface area (Å²) in [5.74, 6) is -1.06. The van der Waals surface area contributed by atoms with Crippen LogP contribution in [0.15, 0.2) is 18.2 Å². The lowest BCUT2D eigenvalue weighted by Gasteiger charge is -2.39. The van der Waals surface area contributed by atoms with Crippen LogP contribution in [0.3, 0.4) is 0 Å². The second-order valence-corrected chi connectivity index (χ2v) is 4.02. The van der Waals surface area contributed by atoms with Gasteiger partial charge in [-0.2, -0.15) is 5.26 Å². The van der Waals surface area contributed by atoms with Crippen molar-refractivity contribution in [1.29, 1.82) is 5.26 Å². The van der Waals surface area contributed by atoms with Crippen LogP contribution in [-0.2, 0) is 4.79 Å². The number of aliphatic carboxylic acids is 1. The molecule has 2 rings (SSSR count). The van der Waals surface area contributed by atoms with Crippen LogP contribution in [0.1, 0.15) is 11.1 Å². The molecular formula is C12H12N2O2. The third kappa shape index (κ3) is 1.61. The van der Waals surface area contributed by atoms with Gasteiger partial charge >= 0.3 is 5.97 Å². The summed E-state index contributed by atoms with van der Waals surface area (Å²) in [7, 11) is 0. The maximum atomic E-state index is 10.7. The number of hydrogen-bond acceptors (Lipinski definition) is 3. The number of carbonyl (C=O) groups is 1. The highest BCUT2D eigenvalue weighted by atomic mass is 16.4. The lowest BCUT2D eigenvalue weighted by Crippen LogP contribution is -2.51. The van der Waals surface area contributed by atoms with E-state index in [1.54, 1.807) is 6.07 Å². The van der Waals surface area contributed by atoms with Gasteiger partial charge in [0, 0.05) is 13.1 Å². The van der Waals surface area contributed by atoms with Crippen molar-refractivity contribution in [3.05, 3.63) is 29.3 Å². The molecule has 0 aromatic heterocycles. The van der Waals surface area contributed by atoms with Gasteiger partial charge in [-0.15, -0.1) is 0 Å². The van der Waals surface area contributed by atoms with Crippen molar-refractivity contribution >= 4 is 11.7 Å². The molecule has 1 aliphatic rings. The van der Waals surface area contributed by atoms with Crippen LogP contribution in [0.2, 0.25) is 0 Å². The zero-order valence-corrected chi connectivity index (χ0v) is 8.97. The van der Waals surface area contributed by atoms with Crippen molar-refractivity contribution in [1.82, 2.24) is 0 Å². The van der Waals surface area contributed by atoms with Crippen LogP contribution in [-0.4, -0.2) is 24.2 Å². The molecule has 1 fully saturated rings. The van der Waals surface area contributed by atoms with E-state index in [0.29, 0.717) is 18.7 Å². The molecule has 0 spiro atoms. The summed E-state index contributed by atoms with van der Waals surface area (Å²) >= 11 is 0. The van der Waals surface area contributed by atoms with Crippen LogP contribution in [0.5, 0.6) is 0 Å². The number of nitriles is 1. The second-order valence-electron chi connectivity index (χ2n) is 4.02. The maximum absolute atomic E-state index is 10.7. The Balaban J connectivity index is 2.24. The molecule has 4 nitrogen and oxygen atoms in total. The molecule has 0 saturated carbocycles. The van der Waals surface area contributed by atoms with Gasteiger partial charge in [-0.3, -0.25) is 4.79 Å². The number of para-hydroxylation sites is 1. The van der Waals surface area contributed by atoms with Crippen LogP contribution >= 0.6 is 0 Å². The monoisotopic (exact) mass is 216 g/mol. The zero-order valence-electron chi connectivity index (χ0n) is 8.97. The smallest absolute Gasteiger partial charge is 0.310 e.